The Bertz CT molecular complexity index is 509. The quantitative estimate of drug-likeness (QED) is 0.866. The van der Waals surface area contributed by atoms with Gasteiger partial charge in [0.2, 0.25) is 0 Å². The first-order chi connectivity index (χ1) is 7.58. The van der Waals surface area contributed by atoms with E-state index in [0.29, 0.717) is 4.34 Å². The Morgan fingerprint density at radius 2 is 2.06 bits per heavy atom. The third kappa shape index (κ3) is 2.26. The van der Waals surface area contributed by atoms with Crippen molar-refractivity contribution in [3.63, 3.8) is 0 Å². The van der Waals surface area contributed by atoms with E-state index in [9.17, 15) is 4.39 Å². The van der Waals surface area contributed by atoms with Crippen LogP contribution in [0.3, 0.4) is 0 Å². The Hall–Kier alpha value is -0.900. The fourth-order valence-corrected chi connectivity index (χ4v) is 2.72. The molecule has 0 radical (unpaired) electrons. The molecule has 2 aromatic rings. The van der Waals surface area contributed by atoms with Gasteiger partial charge in [-0.1, -0.05) is 17.7 Å². The smallest absolute Gasteiger partial charge is 0.123 e. The summed E-state index contributed by atoms with van der Waals surface area (Å²) in [5.41, 5.74) is 7.90. The monoisotopic (exact) mass is 255 g/mol. The van der Waals surface area contributed by atoms with Crippen molar-refractivity contribution in [3.05, 3.63) is 56.5 Å². The summed E-state index contributed by atoms with van der Waals surface area (Å²) in [6.07, 6.45) is 0. The number of rotatable bonds is 2. The van der Waals surface area contributed by atoms with Gasteiger partial charge in [-0.2, -0.15) is 0 Å². The topological polar surface area (TPSA) is 26.0 Å². The largest absolute Gasteiger partial charge is 0.320 e. The number of benzene rings is 1. The van der Waals surface area contributed by atoms with Gasteiger partial charge in [0.25, 0.3) is 0 Å². The molecule has 1 unspecified atom stereocenters. The first-order valence-corrected chi connectivity index (χ1v) is 6.04. The van der Waals surface area contributed by atoms with Crippen LogP contribution >= 0.6 is 22.9 Å². The van der Waals surface area contributed by atoms with Crippen LogP contribution in [0, 0.1) is 12.7 Å². The summed E-state index contributed by atoms with van der Waals surface area (Å²) in [7, 11) is 0. The number of aryl methyl sites for hydroxylation is 1. The number of thiophene rings is 1. The number of hydrogen-bond donors (Lipinski definition) is 1. The lowest BCUT2D eigenvalue weighted by molar-refractivity contribution is 0.625. The normalized spacial score (nSPS) is 12.8. The van der Waals surface area contributed by atoms with Gasteiger partial charge in [-0.15, -0.1) is 11.3 Å². The average Bonchev–Trinajstić information content (AvgIpc) is 2.64. The first kappa shape index (κ1) is 11.6. The Morgan fingerprint density at radius 1 is 1.31 bits per heavy atom. The molecule has 0 saturated carbocycles. The Morgan fingerprint density at radius 3 is 2.62 bits per heavy atom. The van der Waals surface area contributed by atoms with Crippen molar-refractivity contribution in [1.29, 1.82) is 0 Å². The maximum atomic E-state index is 13.0. The molecule has 0 fully saturated rings. The van der Waals surface area contributed by atoms with Crippen molar-refractivity contribution >= 4 is 22.9 Å². The van der Waals surface area contributed by atoms with Crippen molar-refractivity contribution in [2.75, 3.05) is 0 Å². The van der Waals surface area contributed by atoms with E-state index >= 15 is 0 Å². The zero-order chi connectivity index (χ0) is 11.7. The highest BCUT2D eigenvalue weighted by Crippen LogP contribution is 2.30. The SMILES string of the molecule is Cc1cc(F)ccc1C(N)c1ccc(Cl)s1. The van der Waals surface area contributed by atoms with Gasteiger partial charge in [0.1, 0.15) is 5.82 Å². The molecule has 0 bridgehead atoms. The lowest BCUT2D eigenvalue weighted by Crippen LogP contribution is -2.11. The van der Waals surface area contributed by atoms with Crippen LogP contribution in [0.5, 0.6) is 0 Å². The fraction of sp³-hybridized carbons (Fsp3) is 0.167. The van der Waals surface area contributed by atoms with Crippen LogP contribution in [0.25, 0.3) is 0 Å². The van der Waals surface area contributed by atoms with Crippen LogP contribution in [0.2, 0.25) is 4.34 Å². The van der Waals surface area contributed by atoms with Crippen LogP contribution in [0.4, 0.5) is 4.39 Å². The average molecular weight is 256 g/mol. The highest BCUT2D eigenvalue weighted by atomic mass is 35.5. The van der Waals surface area contributed by atoms with Crippen LogP contribution in [0.15, 0.2) is 30.3 Å². The Kier molecular flexibility index (Phi) is 3.28. The molecule has 84 valence electrons. The van der Waals surface area contributed by atoms with Crippen LogP contribution < -0.4 is 5.73 Å². The van der Waals surface area contributed by atoms with E-state index in [1.807, 2.05) is 19.1 Å². The molecule has 1 aromatic carbocycles. The molecule has 1 heterocycles. The lowest BCUT2D eigenvalue weighted by atomic mass is 10.0. The molecular formula is C12H11ClFNS. The van der Waals surface area contributed by atoms with E-state index in [0.717, 1.165) is 16.0 Å². The second kappa shape index (κ2) is 4.53. The van der Waals surface area contributed by atoms with E-state index in [-0.39, 0.29) is 11.9 Å². The van der Waals surface area contributed by atoms with Gasteiger partial charge in [0.05, 0.1) is 10.4 Å². The number of halogens is 2. The molecule has 2 N–H and O–H groups in total. The molecule has 4 heteroatoms. The van der Waals surface area contributed by atoms with Gasteiger partial charge in [-0.05, 0) is 42.3 Å². The predicted molar refractivity (Wildman–Crippen MR) is 66.5 cm³/mol. The maximum absolute atomic E-state index is 13.0. The first-order valence-electron chi connectivity index (χ1n) is 4.85. The van der Waals surface area contributed by atoms with E-state index in [2.05, 4.69) is 0 Å². The second-order valence-corrected chi connectivity index (χ2v) is 5.37. The molecule has 0 aliphatic carbocycles. The number of hydrogen-bond acceptors (Lipinski definition) is 2. The minimum Gasteiger partial charge on any atom is -0.320 e. The fourth-order valence-electron chi connectivity index (χ4n) is 1.64. The van der Waals surface area contributed by atoms with Crippen molar-refractivity contribution < 1.29 is 4.39 Å². The van der Waals surface area contributed by atoms with Crippen molar-refractivity contribution in [1.82, 2.24) is 0 Å². The highest BCUT2D eigenvalue weighted by Gasteiger charge is 2.13. The molecule has 1 atom stereocenters. The maximum Gasteiger partial charge on any atom is 0.123 e. The van der Waals surface area contributed by atoms with Gasteiger partial charge >= 0.3 is 0 Å². The second-order valence-electron chi connectivity index (χ2n) is 3.62. The predicted octanol–water partition coefficient (Wildman–Crippen LogP) is 3.90. The minimum atomic E-state index is -0.238. The molecule has 0 spiro atoms. The molecule has 0 aliphatic heterocycles. The van der Waals surface area contributed by atoms with E-state index in [1.54, 1.807) is 6.07 Å². The molecule has 2 rings (SSSR count). The summed E-state index contributed by atoms with van der Waals surface area (Å²) in [6.45, 7) is 1.85. The Labute approximate surface area is 103 Å². The van der Waals surface area contributed by atoms with Gasteiger partial charge in [0, 0.05) is 4.88 Å². The van der Waals surface area contributed by atoms with Crippen molar-refractivity contribution in [2.45, 2.75) is 13.0 Å². The molecule has 0 saturated heterocycles. The zero-order valence-corrected chi connectivity index (χ0v) is 10.3. The van der Waals surface area contributed by atoms with Crippen LogP contribution in [-0.2, 0) is 0 Å². The summed E-state index contributed by atoms with van der Waals surface area (Å²) in [5.74, 6) is -0.238. The van der Waals surface area contributed by atoms with Gasteiger partial charge < -0.3 is 5.73 Å². The molecule has 0 amide bonds. The Balaban J connectivity index is 2.37. The summed E-state index contributed by atoms with van der Waals surface area (Å²) >= 11 is 7.31. The lowest BCUT2D eigenvalue weighted by Gasteiger charge is -2.12. The molecule has 16 heavy (non-hydrogen) atoms. The molecule has 0 aliphatic rings. The summed E-state index contributed by atoms with van der Waals surface area (Å²) in [6, 6.07) is 8.13. The van der Waals surface area contributed by atoms with Gasteiger partial charge in [-0.25, -0.2) is 4.39 Å². The van der Waals surface area contributed by atoms with Crippen LogP contribution in [-0.4, -0.2) is 0 Å². The highest BCUT2D eigenvalue weighted by molar-refractivity contribution is 7.16. The number of nitrogens with two attached hydrogens (primary N) is 1. The summed E-state index contributed by atoms with van der Waals surface area (Å²) in [5, 5.41) is 0. The van der Waals surface area contributed by atoms with Gasteiger partial charge in [-0.3, -0.25) is 0 Å². The third-order valence-corrected chi connectivity index (χ3v) is 3.78. The molecular weight excluding hydrogens is 245 g/mol. The molecule has 1 nitrogen and oxygen atoms in total. The van der Waals surface area contributed by atoms with Crippen molar-refractivity contribution in [3.8, 4) is 0 Å². The zero-order valence-electron chi connectivity index (χ0n) is 8.71. The summed E-state index contributed by atoms with van der Waals surface area (Å²) in [4.78, 5) is 0.986. The van der Waals surface area contributed by atoms with Crippen molar-refractivity contribution in [2.24, 2.45) is 5.73 Å². The van der Waals surface area contributed by atoms with E-state index in [1.165, 1.54) is 23.5 Å². The van der Waals surface area contributed by atoms with Crippen LogP contribution in [0.1, 0.15) is 22.0 Å². The summed E-state index contributed by atoms with van der Waals surface area (Å²) < 4.78 is 13.7. The standard InChI is InChI=1S/C12H11ClFNS/c1-7-6-8(14)2-3-9(7)12(15)10-4-5-11(13)16-10/h2-6,12H,15H2,1H3. The molecule has 1 aromatic heterocycles. The van der Waals surface area contributed by atoms with E-state index < -0.39 is 0 Å². The van der Waals surface area contributed by atoms with Gasteiger partial charge in [0.15, 0.2) is 0 Å². The third-order valence-electron chi connectivity index (χ3n) is 2.47. The van der Waals surface area contributed by atoms with E-state index in [4.69, 9.17) is 17.3 Å². The minimum absolute atomic E-state index is 0.238.